The van der Waals surface area contributed by atoms with Gasteiger partial charge in [0.05, 0.1) is 25.2 Å². The SMILES string of the molecule is N#CC(CC1CCCCC12OCCO2)c1ccccc1. The topological polar surface area (TPSA) is 42.2 Å². The Balaban J connectivity index is 1.76. The van der Waals surface area contributed by atoms with Gasteiger partial charge in [0.2, 0.25) is 0 Å². The maximum Gasteiger partial charge on any atom is 0.171 e. The smallest absolute Gasteiger partial charge is 0.171 e. The molecule has 0 amide bonds. The molecule has 1 aromatic rings. The number of ether oxygens (including phenoxy) is 2. The summed E-state index contributed by atoms with van der Waals surface area (Å²) < 4.78 is 11.9. The summed E-state index contributed by atoms with van der Waals surface area (Å²) >= 11 is 0. The number of hydrogen-bond donors (Lipinski definition) is 0. The number of nitrogens with zero attached hydrogens (tertiary/aromatic N) is 1. The highest BCUT2D eigenvalue weighted by Gasteiger charge is 2.46. The Hall–Kier alpha value is -1.37. The van der Waals surface area contributed by atoms with Crippen molar-refractivity contribution in [3.05, 3.63) is 35.9 Å². The Kier molecular flexibility index (Phi) is 4.05. The highest BCUT2D eigenvalue weighted by molar-refractivity contribution is 5.24. The third kappa shape index (κ3) is 2.59. The van der Waals surface area contributed by atoms with Crippen molar-refractivity contribution < 1.29 is 9.47 Å². The Labute approximate surface area is 120 Å². The van der Waals surface area contributed by atoms with Crippen LogP contribution in [-0.4, -0.2) is 19.0 Å². The molecule has 1 aromatic carbocycles. The molecule has 3 heteroatoms. The molecule has 1 heterocycles. The summed E-state index contributed by atoms with van der Waals surface area (Å²) in [5.74, 6) is -0.130. The average molecular weight is 271 g/mol. The molecule has 1 aliphatic heterocycles. The van der Waals surface area contributed by atoms with Crippen molar-refractivity contribution in [3.63, 3.8) is 0 Å². The number of rotatable bonds is 3. The zero-order valence-corrected chi connectivity index (χ0v) is 11.8. The van der Waals surface area contributed by atoms with E-state index in [2.05, 4.69) is 6.07 Å². The second-order valence-electron chi connectivity index (χ2n) is 5.78. The molecule has 1 spiro atoms. The summed E-state index contributed by atoms with van der Waals surface area (Å²) in [7, 11) is 0. The molecule has 2 atom stereocenters. The van der Waals surface area contributed by atoms with Gasteiger partial charge in [-0.2, -0.15) is 5.26 Å². The van der Waals surface area contributed by atoms with Gasteiger partial charge < -0.3 is 9.47 Å². The fourth-order valence-electron chi connectivity index (χ4n) is 3.57. The van der Waals surface area contributed by atoms with E-state index in [-0.39, 0.29) is 5.92 Å². The van der Waals surface area contributed by atoms with E-state index in [1.54, 1.807) is 0 Å². The first-order chi connectivity index (χ1) is 9.84. The van der Waals surface area contributed by atoms with Crippen LogP contribution in [0.4, 0.5) is 0 Å². The summed E-state index contributed by atoms with van der Waals surface area (Å²) in [6.45, 7) is 1.39. The van der Waals surface area contributed by atoms with E-state index in [9.17, 15) is 5.26 Å². The zero-order valence-electron chi connectivity index (χ0n) is 11.8. The van der Waals surface area contributed by atoms with Crippen molar-refractivity contribution in [1.29, 1.82) is 5.26 Å². The van der Waals surface area contributed by atoms with Crippen molar-refractivity contribution in [3.8, 4) is 6.07 Å². The Morgan fingerprint density at radius 1 is 1.20 bits per heavy atom. The second-order valence-corrected chi connectivity index (χ2v) is 5.78. The zero-order chi connectivity index (χ0) is 13.8. The summed E-state index contributed by atoms with van der Waals surface area (Å²) in [5.41, 5.74) is 1.11. The Morgan fingerprint density at radius 2 is 1.95 bits per heavy atom. The Bertz CT molecular complexity index is 474. The lowest BCUT2D eigenvalue weighted by atomic mass is 9.77. The van der Waals surface area contributed by atoms with Crippen LogP contribution in [0.15, 0.2) is 30.3 Å². The maximum absolute atomic E-state index is 9.51. The molecule has 3 nitrogen and oxygen atoms in total. The summed E-state index contributed by atoms with van der Waals surface area (Å²) in [6, 6.07) is 12.5. The van der Waals surface area contributed by atoms with E-state index in [4.69, 9.17) is 9.47 Å². The molecule has 3 rings (SSSR count). The highest BCUT2D eigenvalue weighted by Crippen LogP contribution is 2.44. The van der Waals surface area contributed by atoms with Gasteiger partial charge in [-0.3, -0.25) is 0 Å². The van der Waals surface area contributed by atoms with Crippen molar-refractivity contribution >= 4 is 0 Å². The molecule has 0 N–H and O–H groups in total. The normalized spacial score (nSPS) is 26.2. The molecule has 0 bridgehead atoms. The molecule has 0 aromatic heterocycles. The van der Waals surface area contributed by atoms with Gasteiger partial charge in [0, 0.05) is 12.3 Å². The lowest BCUT2D eigenvalue weighted by Crippen LogP contribution is -2.42. The maximum atomic E-state index is 9.51. The predicted molar refractivity (Wildman–Crippen MR) is 76.0 cm³/mol. The van der Waals surface area contributed by atoms with E-state index in [1.807, 2.05) is 30.3 Å². The first-order valence-corrected chi connectivity index (χ1v) is 7.56. The van der Waals surface area contributed by atoms with Gasteiger partial charge in [0.25, 0.3) is 0 Å². The van der Waals surface area contributed by atoms with Crippen LogP contribution in [-0.2, 0) is 9.47 Å². The van der Waals surface area contributed by atoms with Crippen molar-refractivity contribution in [2.75, 3.05) is 13.2 Å². The number of nitriles is 1. The molecule has 1 aliphatic carbocycles. The molecule has 2 aliphatic rings. The van der Waals surface area contributed by atoms with Crippen molar-refractivity contribution in [2.24, 2.45) is 5.92 Å². The third-order valence-corrected chi connectivity index (χ3v) is 4.60. The Morgan fingerprint density at radius 3 is 2.65 bits per heavy atom. The molecule has 0 radical (unpaired) electrons. The van der Waals surface area contributed by atoms with E-state index < -0.39 is 5.79 Å². The summed E-state index contributed by atoms with van der Waals surface area (Å²) in [5, 5.41) is 9.51. The van der Waals surface area contributed by atoms with Crippen LogP contribution < -0.4 is 0 Å². The van der Waals surface area contributed by atoms with Gasteiger partial charge >= 0.3 is 0 Å². The lowest BCUT2D eigenvalue weighted by molar-refractivity contribution is -0.214. The van der Waals surface area contributed by atoms with E-state index >= 15 is 0 Å². The van der Waals surface area contributed by atoms with Crippen LogP contribution in [0, 0.1) is 17.2 Å². The van der Waals surface area contributed by atoms with Gasteiger partial charge in [0.15, 0.2) is 5.79 Å². The van der Waals surface area contributed by atoms with Crippen LogP contribution >= 0.6 is 0 Å². The van der Waals surface area contributed by atoms with Crippen molar-refractivity contribution in [1.82, 2.24) is 0 Å². The summed E-state index contributed by atoms with van der Waals surface area (Å²) in [6.07, 6.45) is 5.29. The number of benzene rings is 1. The molecule has 1 saturated carbocycles. The predicted octanol–water partition coefficient (Wildman–Crippen LogP) is 3.62. The second kappa shape index (κ2) is 5.95. The summed E-state index contributed by atoms with van der Waals surface area (Å²) in [4.78, 5) is 0. The van der Waals surface area contributed by atoms with Crippen LogP contribution in [0.2, 0.25) is 0 Å². The molecule has 20 heavy (non-hydrogen) atoms. The highest BCUT2D eigenvalue weighted by atomic mass is 16.7. The molecule has 2 fully saturated rings. The minimum Gasteiger partial charge on any atom is -0.347 e. The van der Waals surface area contributed by atoms with Gasteiger partial charge in [0.1, 0.15) is 0 Å². The fraction of sp³-hybridized carbons (Fsp3) is 0.588. The average Bonchev–Trinajstić information content (AvgIpc) is 2.97. The molecular formula is C17H21NO2. The third-order valence-electron chi connectivity index (χ3n) is 4.60. The van der Waals surface area contributed by atoms with E-state index in [0.29, 0.717) is 19.1 Å². The van der Waals surface area contributed by atoms with Crippen LogP contribution in [0.3, 0.4) is 0 Å². The fourth-order valence-corrected chi connectivity index (χ4v) is 3.57. The molecule has 2 unspecified atom stereocenters. The van der Waals surface area contributed by atoms with Gasteiger partial charge in [-0.1, -0.05) is 36.8 Å². The standard InChI is InChI=1S/C17H21NO2/c18-13-15(14-6-2-1-3-7-14)12-16-8-4-5-9-17(16)19-10-11-20-17/h1-3,6-7,15-16H,4-5,8-12H2. The lowest BCUT2D eigenvalue weighted by Gasteiger charge is -2.40. The minimum absolute atomic E-state index is 0.0658. The van der Waals surface area contributed by atoms with Gasteiger partial charge in [-0.25, -0.2) is 0 Å². The largest absolute Gasteiger partial charge is 0.347 e. The van der Waals surface area contributed by atoms with Crippen molar-refractivity contribution in [2.45, 2.75) is 43.8 Å². The van der Waals surface area contributed by atoms with Crippen LogP contribution in [0.5, 0.6) is 0 Å². The molecular weight excluding hydrogens is 250 g/mol. The van der Waals surface area contributed by atoms with Crippen LogP contribution in [0.25, 0.3) is 0 Å². The van der Waals surface area contributed by atoms with Crippen LogP contribution in [0.1, 0.15) is 43.6 Å². The van der Waals surface area contributed by atoms with Gasteiger partial charge in [-0.05, 0) is 24.8 Å². The minimum atomic E-state index is -0.401. The molecule has 106 valence electrons. The monoisotopic (exact) mass is 271 g/mol. The first kappa shape index (κ1) is 13.6. The first-order valence-electron chi connectivity index (χ1n) is 7.56. The number of hydrogen-bond acceptors (Lipinski definition) is 3. The van der Waals surface area contributed by atoms with E-state index in [0.717, 1.165) is 24.8 Å². The van der Waals surface area contributed by atoms with Gasteiger partial charge in [-0.15, -0.1) is 0 Å². The quantitative estimate of drug-likeness (QED) is 0.843. The molecule has 1 saturated heterocycles. The van der Waals surface area contributed by atoms with E-state index in [1.165, 1.54) is 12.8 Å².